The largest absolute Gasteiger partial charge is 0.285 e. The summed E-state index contributed by atoms with van der Waals surface area (Å²) in [5.41, 5.74) is -7.34. The fourth-order valence-corrected chi connectivity index (χ4v) is 1.82. The number of hydrogen-bond donors (Lipinski definition) is 0. The molecule has 20 heavy (non-hydrogen) atoms. The second-order valence-corrected chi connectivity index (χ2v) is 4.00. The van der Waals surface area contributed by atoms with E-state index in [1.165, 1.54) is 0 Å². The van der Waals surface area contributed by atoms with Crippen molar-refractivity contribution in [2.24, 2.45) is 0 Å². The monoisotopic (exact) mass is 270 g/mol. The number of ketones is 2. The molecule has 1 aliphatic rings. The number of nitrogens with zero attached hydrogens (tertiary/aromatic N) is 2. The van der Waals surface area contributed by atoms with E-state index in [2.05, 4.69) is 9.97 Å². The van der Waals surface area contributed by atoms with E-state index >= 15 is 0 Å². The van der Waals surface area contributed by atoms with Gasteiger partial charge in [0.1, 0.15) is 16.7 Å². The van der Waals surface area contributed by atoms with Gasteiger partial charge >= 0.3 is 0 Å². The third-order valence-electron chi connectivity index (χ3n) is 2.80. The Bertz CT molecular complexity index is 1060. The van der Waals surface area contributed by atoms with E-state index in [9.17, 15) is 28.8 Å². The van der Waals surface area contributed by atoms with Crippen LogP contribution in [-0.4, -0.2) is 21.5 Å². The summed E-state index contributed by atoms with van der Waals surface area (Å²) in [6.07, 6.45) is 2.08. The van der Waals surface area contributed by atoms with Crippen molar-refractivity contribution < 1.29 is 9.59 Å². The fourth-order valence-electron chi connectivity index (χ4n) is 1.82. The Morgan fingerprint density at radius 3 is 1.80 bits per heavy atom. The number of benzene rings is 1. The molecular weight excluding hydrogens is 268 g/mol. The molecule has 0 spiro atoms. The summed E-state index contributed by atoms with van der Waals surface area (Å²) in [7, 11) is 0. The Kier molecular flexibility index (Phi) is 2.18. The zero-order valence-electron chi connectivity index (χ0n) is 9.50. The van der Waals surface area contributed by atoms with E-state index < -0.39 is 50.0 Å². The predicted molar refractivity (Wildman–Crippen MR) is 65.4 cm³/mol. The lowest BCUT2D eigenvalue weighted by Crippen LogP contribution is -2.47. The number of rotatable bonds is 0. The first kappa shape index (κ1) is 11.9. The Balaban J connectivity index is 2.61. The molecule has 1 heterocycles. The van der Waals surface area contributed by atoms with E-state index in [1.54, 1.807) is 0 Å². The summed E-state index contributed by atoms with van der Waals surface area (Å²) >= 11 is 0. The van der Waals surface area contributed by atoms with Gasteiger partial charge in [-0.05, 0) is 12.2 Å². The van der Waals surface area contributed by atoms with Gasteiger partial charge < -0.3 is 0 Å². The van der Waals surface area contributed by atoms with Crippen LogP contribution in [0.25, 0.3) is 17.1 Å². The van der Waals surface area contributed by atoms with Gasteiger partial charge in [-0.1, -0.05) is 0 Å². The first-order valence-corrected chi connectivity index (χ1v) is 5.28. The van der Waals surface area contributed by atoms with Gasteiger partial charge in [-0.15, -0.1) is 0 Å². The van der Waals surface area contributed by atoms with E-state index in [0.717, 1.165) is 12.2 Å². The van der Waals surface area contributed by atoms with Crippen LogP contribution in [0.15, 0.2) is 25.3 Å². The van der Waals surface area contributed by atoms with Crippen molar-refractivity contribution in [1.29, 1.82) is 0 Å². The number of aromatic nitrogens is 2. The first-order valence-electron chi connectivity index (χ1n) is 5.28. The minimum absolute atomic E-state index is 0.100. The molecule has 0 amide bonds. The van der Waals surface area contributed by atoms with E-state index in [0.29, 0.717) is 0 Å². The molecular formula is C12H2N2O6. The average molecular weight is 270 g/mol. The SMILES string of the molecule is O=C1C=Cc2nc3c(=O)c(=O)c(=O)c(=O)c3nc2C1=O. The molecule has 1 aromatic carbocycles. The fraction of sp³-hybridized carbons (Fsp3) is 0. The van der Waals surface area contributed by atoms with Gasteiger partial charge in [-0.25, -0.2) is 9.97 Å². The number of hydrogen-bond acceptors (Lipinski definition) is 8. The molecule has 0 radical (unpaired) electrons. The van der Waals surface area contributed by atoms with Crippen LogP contribution in [0.1, 0.15) is 16.2 Å². The van der Waals surface area contributed by atoms with Gasteiger partial charge in [0.05, 0.1) is 5.69 Å². The van der Waals surface area contributed by atoms with Crippen molar-refractivity contribution in [2.45, 2.75) is 0 Å². The maximum Gasteiger partial charge on any atom is 0.279 e. The highest BCUT2D eigenvalue weighted by Gasteiger charge is 2.26. The van der Waals surface area contributed by atoms with E-state index in [-0.39, 0.29) is 5.69 Å². The van der Waals surface area contributed by atoms with Gasteiger partial charge in [0.25, 0.3) is 27.5 Å². The molecule has 96 valence electrons. The molecule has 0 fully saturated rings. The standard InChI is InChI=1S/C12H2N2O6/c15-4-2-1-3-5(8(4)16)14-7-6(13-3)9(17)11(19)12(20)10(7)18/h1-2H. The Labute approximate surface area is 107 Å². The van der Waals surface area contributed by atoms with E-state index in [4.69, 9.17) is 0 Å². The summed E-state index contributed by atoms with van der Waals surface area (Å²) in [6, 6.07) is 0. The third kappa shape index (κ3) is 1.35. The third-order valence-corrected chi connectivity index (χ3v) is 2.80. The summed E-state index contributed by atoms with van der Waals surface area (Å²) in [5, 5.41) is 0. The maximum atomic E-state index is 11.6. The lowest BCUT2D eigenvalue weighted by molar-refractivity contribution is -0.111. The molecule has 8 nitrogen and oxygen atoms in total. The maximum absolute atomic E-state index is 11.6. The van der Waals surface area contributed by atoms with Gasteiger partial charge in [0.2, 0.25) is 5.78 Å². The highest BCUT2D eigenvalue weighted by Crippen LogP contribution is 2.14. The predicted octanol–water partition coefficient (Wildman–Crippen LogP) is -2.28. The van der Waals surface area contributed by atoms with Crippen LogP contribution in [0.3, 0.4) is 0 Å². The molecule has 3 rings (SSSR count). The van der Waals surface area contributed by atoms with Crippen LogP contribution < -0.4 is 21.7 Å². The lowest BCUT2D eigenvalue weighted by atomic mass is 10.0. The van der Waals surface area contributed by atoms with Crippen molar-refractivity contribution in [1.82, 2.24) is 9.97 Å². The van der Waals surface area contributed by atoms with Crippen LogP contribution in [0.2, 0.25) is 0 Å². The summed E-state index contributed by atoms with van der Waals surface area (Å²) in [6.45, 7) is 0. The van der Waals surface area contributed by atoms with Crippen LogP contribution >= 0.6 is 0 Å². The molecule has 0 saturated heterocycles. The van der Waals surface area contributed by atoms with Crippen LogP contribution in [0.5, 0.6) is 0 Å². The Morgan fingerprint density at radius 1 is 0.650 bits per heavy atom. The van der Waals surface area contributed by atoms with E-state index in [1.807, 2.05) is 0 Å². The lowest BCUT2D eigenvalue weighted by Gasteiger charge is -2.06. The molecule has 1 aliphatic carbocycles. The molecule has 2 aromatic rings. The van der Waals surface area contributed by atoms with Gasteiger partial charge in [-0.3, -0.25) is 28.8 Å². The summed E-state index contributed by atoms with van der Waals surface area (Å²) < 4.78 is 0. The van der Waals surface area contributed by atoms with Crippen molar-refractivity contribution in [3.63, 3.8) is 0 Å². The first-order chi connectivity index (χ1) is 9.41. The number of fused-ring (bicyclic) bond motifs is 2. The Morgan fingerprint density at radius 2 is 1.20 bits per heavy atom. The second kappa shape index (κ2) is 3.67. The van der Waals surface area contributed by atoms with Crippen LogP contribution in [0, 0.1) is 0 Å². The minimum atomic E-state index is -1.53. The Hall–Kier alpha value is -3.16. The molecule has 0 aliphatic heterocycles. The molecule has 0 atom stereocenters. The summed E-state index contributed by atoms with van der Waals surface area (Å²) in [4.78, 5) is 75.8. The normalized spacial score (nSPS) is 13.8. The highest BCUT2D eigenvalue weighted by molar-refractivity contribution is 6.49. The summed E-state index contributed by atoms with van der Waals surface area (Å²) in [5.74, 6) is -1.86. The average Bonchev–Trinajstić information content (AvgIpc) is 2.45. The molecule has 0 unspecified atom stereocenters. The number of allylic oxidation sites excluding steroid dienone is 1. The van der Waals surface area contributed by atoms with Crippen LogP contribution in [-0.2, 0) is 4.79 Å². The van der Waals surface area contributed by atoms with Crippen molar-refractivity contribution >= 4 is 28.7 Å². The quantitative estimate of drug-likeness (QED) is 0.490. The van der Waals surface area contributed by atoms with Crippen molar-refractivity contribution in [2.75, 3.05) is 0 Å². The molecule has 0 bridgehead atoms. The zero-order valence-corrected chi connectivity index (χ0v) is 9.50. The molecule has 0 N–H and O–H groups in total. The van der Waals surface area contributed by atoms with Crippen molar-refractivity contribution in [3.8, 4) is 0 Å². The van der Waals surface area contributed by atoms with Gasteiger partial charge in [0.15, 0.2) is 0 Å². The molecule has 8 heteroatoms. The zero-order chi connectivity index (χ0) is 14.6. The molecule has 1 aromatic heterocycles. The molecule has 0 saturated carbocycles. The van der Waals surface area contributed by atoms with Crippen molar-refractivity contribution in [3.05, 3.63) is 58.4 Å². The number of Topliss-reactive ketones (excluding diaryl/α,β-unsaturated/α-hetero) is 1. The number of carbonyl (C=O) groups excluding carboxylic acids is 2. The minimum Gasteiger partial charge on any atom is -0.285 e. The van der Waals surface area contributed by atoms with Gasteiger partial charge in [0, 0.05) is 0 Å². The van der Waals surface area contributed by atoms with Gasteiger partial charge in [-0.2, -0.15) is 0 Å². The highest BCUT2D eigenvalue weighted by atomic mass is 16.2. The smallest absolute Gasteiger partial charge is 0.279 e. The second-order valence-electron chi connectivity index (χ2n) is 4.00. The topological polar surface area (TPSA) is 128 Å². The van der Waals surface area contributed by atoms with Crippen LogP contribution in [0.4, 0.5) is 0 Å². The number of carbonyl (C=O) groups is 2.